The van der Waals surface area contributed by atoms with Crippen LogP contribution < -0.4 is 0 Å². The predicted molar refractivity (Wildman–Crippen MR) is 71.3 cm³/mol. The Morgan fingerprint density at radius 3 is 2.22 bits per heavy atom. The van der Waals surface area contributed by atoms with Crippen molar-refractivity contribution in [2.75, 3.05) is 26.2 Å². The molecule has 1 aliphatic carbocycles. The van der Waals surface area contributed by atoms with Crippen LogP contribution in [0.5, 0.6) is 0 Å². The van der Waals surface area contributed by atoms with Crippen LogP contribution in [-0.2, 0) is 4.74 Å². The molecule has 1 heterocycles. The molecule has 0 N–H and O–H groups in total. The highest BCUT2D eigenvalue weighted by atomic mass is 16.6. The lowest BCUT2D eigenvalue weighted by Gasteiger charge is -2.36. The number of hydrogen-bond donors (Lipinski definition) is 0. The van der Waals surface area contributed by atoms with Crippen molar-refractivity contribution in [1.82, 2.24) is 9.80 Å². The molecule has 0 spiro atoms. The summed E-state index contributed by atoms with van der Waals surface area (Å²) in [6.45, 7) is 9.08. The Bertz CT molecular complexity index is 330. The van der Waals surface area contributed by atoms with Gasteiger partial charge in [0.15, 0.2) is 0 Å². The molecule has 0 aromatic heterocycles. The van der Waals surface area contributed by atoms with Crippen molar-refractivity contribution in [3.05, 3.63) is 11.8 Å². The van der Waals surface area contributed by atoms with E-state index in [1.807, 2.05) is 20.8 Å². The van der Waals surface area contributed by atoms with Gasteiger partial charge in [0.2, 0.25) is 0 Å². The molecule has 2 fully saturated rings. The van der Waals surface area contributed by atoms with E-state index in [0.717, 1.165) is 26.2 Å². The lowest BCUT2D eigenvalue weighted by Crippen LogP contribution is -2.48. The molecule has 1 saturated heterocycles. The molecule has 1 saturated carbocycles. The molecule has 18 heavy (non-hydrogen) atoms. The van der Waals surface area contributed by atoms with Crippen LogP contribution in [0.15, 0.2) is 11.8 Å². The third kappa shape index (κ3) is 3.65. The van der Waals surface area contributed by atoms with Gasteiger partial charge in [0.1, 0.15) is 5.60 Å². The monoisotopic (exact) mass is 252 g/mol. The molecule has 4 heteroatoms. The van der Waals surface area contributed by atoms with Crippen molar-refractivity contribution in [2.24, 2.45) is 0 Å². The van der Waals surface area contributed by atoms with Crippen LogP contribution in [0, 0.1) is 0 Å². The van der Waals surface area contributed by atoms with E-state index in [9.17, 15) is 4.79 Å². The molecule has 0 unspecified atom stereocenters. The zero-order valence-electron chi connectivity index (χ0n) is 11.7. The Kier molecular flexibility index (Phi) is 3.83. The maximum absolute atomic E-state index is 11.9. The summed E-state index contributed by atoms with van der Waals surface area (Å²) in [5.41, 5.74) is 1.16. The standard InChI is InChI=1S/C14H24N2O2/c1-14(2,3)18-13(17)16-9-7-15(8-10-16)11-12-5-4-6-12/h11H,4-10H2,1-3H3. The average Bonchev–Trinajstić information content (AvgIpc) is 2.22. The van der Waals surface area contributed by atoms with Gasteiger partial charge in [-0.15, -0.1) is 0 Å². The van der Waals surface area contributed by atoms with Crippen molar-refractivity contribution in [1.29, 1.82) is 0 Å². The minimum absolute atomic E-state index is 0.182. The first-order chi connectivity index (χ1) is 8.44. The fourth-order valence-electron chi connectivity index (χ4n) is 2.13. The predicted octanol–water partition coefficient (Wildman–Crippen LogP) is 2.61. The molecule has 0 aromatic carbocycles. The number of rotatable bonds is 1. The number of nitrogens with zero attached hydrogens (tertiary/aromatic N) is 2. The van der Waals surface area contributed by atoms with Crippen molar-refractivity contribution in [3.8, 4) is 0 Å². The number of ether oxygens (including phenoxy) is 1. The second-order valence-corrected chi connectivity index (χ2v) is 6.14. The minimum Gasteiger partial charge on any atom is -0.444 e. The summed E-state index contributed by atoms with van der Waals surface area (Å²) < 4.78 is 5.38. The van der Waals surface area contributed by atoms with E-state index in [4.69, 9.17) is 4.74 Å². The number of amides is 1. The smallest absolute Gasteiger partial charge is 0.410 e. The highest BCUT2D eigenvalue weighted by molar-refractivity contribution is 5.68. The van der Waals surface area contributed by atoms with Crippen molar-refractivity contribution in [2.45, 2.75) is 45.6 Å². The van der Waals surface area contributed by atoms with Crippen LogP contribution in [0.2, 0.25) is 0 Å². The summed E-state index contributed by atoms with van der Waals surface area (Å²) in [6, 6.07) is 0. The van der Waals surface area contributed by atoms with E-state index >= 15 is 0 Å². The van der Waals surface area contributed by atoms with Crippen LogP contribution in [0.1, 0.15) is 40.0 Å². The minimum atomic E-state index is -0.401. The second-order valence-electron chi connectivity index (χ2n) is 6.14. The van der Waals surface area contributed by atoms with Crippen LogP contribution >= 0.6 is 0 Å². The Morgan fingerprint density at radius 2 is 1.78 bits per heavy atom. The average molecular weight is 252 g/mol. The van der Waals surface area contributed by atoms with Crippen molar-refractivity contribution < 1.29 is 9.53 Å². The summed E-state index contributed by atoms with van der Waals surface area (Å²) in [5.74, 6) is 0. The molecule has 0 bridgehead atoms. The fraction of sp³-hybridized carbons (Fsp3) is 0.786. The van der Waals surface area contributed by atoms with Gasteiger partial charge in [0, 0.05) is 26.2 Å². The van der Waals surface area contributed by atoms with Gasteiger partial charge in [-0.25, -0.2) is 4.79 Å². The third-order valence-corrected chi connectivity index (χ3v) is 3.33. The molecular weight excluding hydrogens is 228 g/mol. The molecule has 2 rings (SSSR count). The van der Waals surface area contributed by atoms with Gasteiger partial charge in [-0.2, -0.15) is 0 Å². The van der Waals surface area contributed by atoms with Gasteiger partial charge in [0.25, 0.3) is 0 Å². The van der Waals surface area contributed by atoms with E-state index in [1.54, 1.807) is 10.5 Å². The number of hydrogen-bond acceptors (Lipinski definition) is 3. The van der Waals surface area contributed by atoms with Crippen molar-refractivity contribution in [3.63, 3.8) is 0 Å². The number of carbonyl (C=O) groups is 1. The number of carbonyl (C=O) groups excluding carboxylic acids is 1. The topological polar surface area (TPSA) is 32.8 Å². The fourth-order valence-corrected chi connectivity index (χ4v) is 2.13. The molecule has 0 atom stereocenters. The third-order valence-electron chi connectivity index (χ3n) is 3.33. The zero-order chi connectivity index (χ0) is 13.2. The van der Waals surface area contributed by atoms with E-state index in [-0.39, 0.29) is 6.09 Å². The molecule has 4 nitrogen and oxygen atoms in total. The first-order valence-electron chi connectivity index (χ1n) is 6.85. The first kappa shape index (κ1) is 13.2. The van der Waals surface area contributed by atoms with E-state index < -0.39 is 5.60 Å². The van der Waals surface area contributed by atoms with Gasteiger partial charge in [-0.1, -0.05) is 5.57 Å². The van der Waals surface area contributed by atoms with E-state index in [0.29, 0.717) is 0 Å². The summed E-state index contributed by atoms with van der Waals surface area (Å²) in [6.07, 6.45) is 5.96. The largest absolute Gasteiger partial charge is 0.444 e. The van der Waals surface area contributed by atoms with Crippen LogP contribution in [0.4, 0.5) is 4.79 Å². The molecule has 1 aliphatic heterocycles. The zero-order valence-corrected chi connectivity index (χ0v) is 11.7. The van der Waals surface area contributed by atoms with Gasteiger partial charge < -0.3 is 14.5 Å². The quantitative estimate of drug-likeness (QED) is 0.719. The van der Waals surface area contributed by atoms with Crippen LogP contribution in [-0.4, -0.2) is 47.7 Å². The summed E-state index contributed by atoms with van der Waals surface area (Å²) >= 11 is 0. The molecular formula is C14H24N2O2. The van der Waals surface area contributed by atoms with Crippen LogP contribution in [0.25, 0.3) is 0 Å². The van der Waals surface area contributed by atoms with E-state index in [1.165, 1.54) is 19.3 Å². The SMILES string of the molecule is CC(C)(C)OC(=O)N1CCN(C=C2CCC2)CC1. The summed E-state index contributed by atoms with van der Waals surface area (Å²) in [5, 5.41) is 0. The normalized spacial score (nSPS) is 20.5. The highest BCUT2D eigenvalue weighted by Crippen LogP contribution is 2.25. The first-order valence-corrected chi connectivity index (χ1v) is 6.85. The lowest BCUT2D eigenvalue weighted by atomic mass is 9.93. The Balaban J connectivity index is 1.77. The summed E-state index contributed by atoms with van der Waals surface area (Å²) in [4.78, 5) is 16.0. The summed E-state index contributed by atoms with van der Waals surface area (Å²) in [7, 11) is 0. The Labute approximate surface area is 110 Å². The van der Waals surface area contributed by atoms with Crippen molar-refractivity contribution >= 4 is 6.09 Å². The van der Waals surface area contributed by atoms with Gasteiger partial charge in [0.05, 0.1) is 0 Å². The van der Waals surface area contributed by atoms with E-state index in [2.05, 4.69) is 11.1 Å². The van der Waals surface area contributed by atoms with Gasteiger partial charge in [-0.3, -0.25) is 0 Å². The molecule has 2 aliphatic rings. The van der Waals surface area contributed by atoms with Gasteiger partial charge in [-0.05, 0) is 46.2 Å². The molecule has 1 amide bonds. The van der Waals surface area contributed by atoms with Crippen LogP contribution in [0.3, 0.4) is 0 Å². The Morgan fingerprint density at radius 1 is 1.17 bits per heavy atom. The highest BCUT2D eigenvalue weighted by Gasteiger charge is 2.25. The molecule has 102 valence electrons. The maximum atomic E-state index is 11.9. The lowest BCUT2D eigenvalue weighted by molar-refractivity contribution is 0.0175. The second kappa shape index (κ2) is 5.21. The number of piperazine rings is 1. The Hall–Kier alpha value is -1.19. The molecule has 0 radical (unpaired) electrons. The number of allylic oxidation sites excluding steroid dienone is 1. The maximum Gasteiger partial charge on any atom is 0.410 e. The molecule has 0 aromatic rings. The van der Waals surface area contributed by atoms with Gasteiger partial charge >= 0.3 is 6.09 Å².